The molecular weight excluding hydrogens is 466 g/mol. The summed E-state index contributed by atoms with van der Waals surface area (Å²) in [6.07, 6.45) is 7.84. The molecule has 2 aliphatic rings. The molecule has 6 nitrogen and oxygen atoms in total. The molecule has 1 atom stereocenters. The summed E-state index contributed by atoms with van der Waals surface area (Å²) in [7, 11) is 0. The Morgan fingerprint density at radius 3 is 2.76 bits per heavy atom. The number of hydrogen-bond donors (Lipinski definition) is 1. The summed E-state index contributed by atoms with van der Waals surface area (Å²) < 4.78 is 7.27. The van der Waals surface area contributed by atoms with Crippen LogP contribution in [0.4, 0.5) is 0 Å². The smallest absolute Gasteiger partial charge is 0.263 e. The topological polar surface area (TPSA) is 77.1 Å². The first-order valence-corrected chi connectivity index (χ1v) is 13.5. The van der Waals surface area contributed by atoms with E-state index >= 15 is 0 Å². The van der Waals surface area contributed by atoms with Gasteiger partial charge >= 0.3 is 0 Å². The van der Waals surface area contributed by atoms with E-state index in [1.54, 1.807) is 22.2 Å². The molecule has 0 bridgehead atoms. The number of nitrogens with zero attached hydrogens (tertiary/aromatic N) is 2. The molecule has 1 saturated carbocycles. The normalized spacial score (nSPS) is 16.4. The zero-order valence-electron chi connectivity index (χ0n) is 18.7. The number of rotatable bonds is 7. The number of aromatic nitrogens is 2. The van der Waals surface area contributed by atoms with Crippen molar-refractivity contribution in [2.45, 2.75) is 61.5 Å². The molecule has 1 N–H and O–H groups in total. The second-order valence-corrected chi connectivity index (χ2v) is 11.1. The Labute approximate surface area is 205 Å². The fraction of sp³-hybridized carbons (Fsp3) is 0.346. The molecule has 1 unspecified atom stereocenters. The molecule has 0 aliphatic heterocycles. The zero-order chi connectivity index (χ0) is 23.1. The van der Waals surface area contributed by atoms with E-state index in [0.717, 1.165) is 54.3 Å². The number of fused-ring (bicyclic) bond motifs is 3. The number of thiophene rings is 1. The maximum atomic E-state index is 13.9. The molecule has 6 rings (SSSR count). The summed E-state index contributed by atoms with van der Waals surface area (Å²) >= 11 is 2.98. The summed E-state index contributed by atoms with van der Waals surface area (Å²) in [5.41, 5.74) is 2.02. The minimum atomic E-state index is -0.497. The molecule has 3 heterocycles. The molecule has 174 valence electrons. The van der Waals surface area contributed by atoms with Gasteiger partial charge < -0.3 is 9.73 Å². The third-order valence-electron chi connectivity index (χ3n) is 6.42. The van der Waals surface area contributed by atoms with Gasteiger partial charge in [0, 0.05) is 10.9 Å². The molecule has 0 spiro atoms. The average molecular weight is 492 g/mol. The lowest BCUT2D eigenvalue weighted by molar-refractivity contribution is -0.120. The van der Waals surface area contributed by atoms with Gasteiger partial charge in [-0.25, -0.2) is 4.98 Å². The molecule has 34 heavy (non-hydrogen) atoms. The number of nitrogens with one attached hydrogen (secondary N) is 1. The first kappa shape index (κ1) is 21.7. The van der Waals surface area contributed by atoms with E-state index in [1.165, 1.54) is 22.2 Å². The van der Waals surface area contributed by atoms with Crippen molar-refractivity contribution in [2.24, 2.45) is 0 Å². The number of amides is 1. The van der Waals surface area contributed by atoms with Crippen LogP contribution in [0.3, 0.4) is 0 Å². The lowest BCUT2D eigenvalue weighted by Crippen LogP contribution is -2.31. The lowest BCUT2D eigenvalue weighted by Gasteiger charge is -2.19. The van der Waals surface area contributed by atoms with E-state index in [2.05, 4.69) is 5.32 Å². The number of benzene rings is 1. The molecule has 4 aromatic rings. The van der Waals surface area contributed by atoms with Crippen LogP contribution in [0, 0.1) is 0 Å². The van der Waals surface area contributed by atoms with Crippen LogP contribution in [0.25, 0.3) is 10.2 Å². The van der Waals surface area contributed by atoms with Crippen LogP contribution < -0.4 is 10.9 Å². The van der Waals surface area contributed by atoms with Gasteiger partial charge in [0.2, 0.25) is 5.91 Å². The zero-order valence-corrected chi connectivity index (χ0v) is 20.3. The first-order valence-electron chi connectivity index (χ1n) is 11.8. The van der Waals surface area contributed by atoms with Crippen LogP contribution in [-0.4, -0.2) is 21.5 Å². The predicted octanol–water partition coefficient (Wildman–Crippen LogP) is 5.09. The van der Waals surface area contributed by atoms with E-state index in [-0.39, 0.29) is 24.1 Å². The van der Waals surface area contributed by atoms with E-state index in [4.69, 9.17) is 9.40 Å². The summed E-state index contributed by atoms with van der Waals surface area (Å²) in [5, 5.41) is 3.93. The van der Waals surface area contributed by atoms with Crippen molar-refractivity contribution in [3.05, 3.63) is 80.8 Å². The van der Waals surface area contributed by atoms with E-state index in [1.807, 2.05) is 42.5 Å². The number of furan rings is 1. The van der Waals surface area contributed by atoms with E-state index in [0.29, 0.717) is 10.9 Å². The molecular formula is C26H25N3O3S2. The Morgan fingerprint density at radius 1 is 1.18 bits per heavy atom. The molecule has 1 amide bonds. The van der Waals surface area contributed by atoms with Crippen LogP contribution in [0.5, 0.6) is 0 Å². The highest BCUT2D eigenvalue weighted by atomic mass is 32.2. The van der Waals surface area contributed by atoms with E-state index in [9.17, 15) is 9.59 Å². The maximum Gasteiger partial charge on any atom is 0.263 e. The molecule has 2 aliphatic carbocycles. The van der Waals surface area contributed by atoms with Crippen molar-refractivity contribution in [3.8, 4) is 0 Å². The van der Waals surface area contributed by atoms with Crippen molar-refractivity contribution >= 4 is 39.2 Å². The summed E-state index contributed by atoms with van der Waals surface area (Å²) in [4.78, 5) is 34.2. The number of aryl methyl sites for hydroxylation is 2. The number of hydrogen-bond acceptors (Lipinski definition) is 6. The number of carbonyl (C=O) groups excluding carboxylic acids is 1. The summed E-state index contributed by atoms with van der Waals surface area (Å²) in [6, 6.07) is 13.7. The van der Waals surface area contributed by atoms with Crippen molar-refractivity contribution < 1.29 is 9.21 Å². The number of thioether (sulfide) groups is 1. The van der Waals surface area contributed by atoms with Gasteiger partial charge in [0.1, 0.15) is 15.8 Å². The van der Waals surface area contributed by atoms with Crippen LogP contribution in [-0.2, 0) is 24.2 Å². The lowest BCUT2D eigenvalue weighted by atomic mass is 9.97. The minimum Gasteiger partial charge on any atom is -0.467 e. The molecule has 1 aromatic carbocycles. The fourth-order valence-electron chi connectivity index (χ4n) is 4.52. The highest BCUT2D eigenvalue weighted by Gasteiger charge is 2.31. The minimum absolute atomic E-state index is 0.0388. The average Bonchev–Trinajstić information content (AvgIpc) is 3.36. The Balaban J connectivity index is 1.47. The Kier molecular flexibility index (Phi) is 5.79. The van der Waals surface area contributed by atoms with Crippen LogP contribution in [0.1, 0.15) is 52.7 Å². The summed E-state index contributed by atoms with van der Waals surface area (Å²) in [5.74, 6) is 0.649. The standard InChI is InChI=1S/C26H25N3O3S2/c30-23(27-17-12-13-17)22(16-7-2-1-3-8-16)34-26-28-24-21(19-10-4-5-11-20(19)33-24)25(31)29(26)15-18-9-6-14-32-18/h1-3,6-9,14,17,22H,4-5,10-13,15H2,(H,27,30). The fourth-order valence-corrected chi connectivity index (χ4v) is 6.93. The van der Waals surface area contributed by atoms with Crippen molar-refractivity contribution in [1.82, 2.24) is 14.9 Å². The SMILES string of the molecule is O=C(NC1CC1)C(Sc1nc2sc3c(c2c(=O)n1Cc1ccco1)CCCC3)c1ccccc1. The molecule has 3 aromatic heterocycles. The van der Waals surface area contributed by atoms with Gasteiger partial charge in [-0.05, 0) is 61.8 Å². The Hall–Kier alpha value is -2.84. The largest absolute Gasteiger partial charge is 0.467 e. The maximum absolute atomic E-state index is 13.9. The van der Waals surface area contributed by atoms with Crippen LogP contribution >= 0.6 is 23.1 Å². The van der Waals surface area contributed by atoms with Gasteiger partial charge in [0.15, 0.2) is 5.16 Å². The second-order valence-electron chi connectivity index (χ2n) is 8.95. The van der Waals surface area contributed by atoms with Crippen LogP contribution in [0.2, 0.25) is 0 Å². The van der Waals surface area contributed by atoms with E-state index < -0.39 is 5.25 Å². The highest BCUT2D eigenvalue weighted by molar-refractivity contribution is 8.00. The van der Waals surface area contributed by atoms with Gasteiger partial charge in [-0.2, -0.15) is 0 Å². The quantitative estimate of drug-likeness (QED) is 0.288. The molecule has 1 fully saturated rings. The Morgan fingerprint density at radius 2 is 2.00 bits per heavy atom. The molecule has 8 heteroatoms. The van der Waals surface area contributed by atoms with Gasteiger partial charge in [0.05, 0.1) is 18.2 Å². The highest BCUT2D eigenvalue weighted by Crippen LogP contribution is 2.39. The van der Waals surface area contributed by atoms with Crippen molar-refractivity contribution in [1.29, 1.82) is 0 Å². The Bertz CT molecular complexity index is 1390. The van der Waals surface area contributed by atoms with Crippen molar-refractivity contribution in [3.63, 3.8) is 0 Å². The molecule has 0 saturated heterocycles. The monoisotopic (exact) mass is 491 g/mol. The first-order chi connectivity index (χ1) is 16.7. The number of carbonyl (C=O) groups is 1. The predicted molar refractivity (Wildman–Crippen MR) is 135 cm³/mol. The third kappa shape index (κ3) is 4.20. The summed E-state index contributed by atoms with van der Waals surface area (Å²) in [6.45, 7) is 0.285. The van der Waals surface area contributed by atoms with Gasteiger partial charge in [0.25, 0.3) is 5.56 Å². The van der Waals surface area contributed by atoms with Gasteiger partial charge in [-0.3, -0.25) is 14.2 Å². The van der Waals surface area contributed by atoms with Gasteiger partial charge in [-0.1, -0.05) is 42.1 Å². The van der Waals surface area contributed by atoms with Crippen LogP contribution in [0.15, 0.2) is 63.1 Å². The molecule has 0 radical (unpaired) electrons. The second kappa shape index (κ2) is 9.07. The van der Waals surface area contributed by atoms with Crippen molar-refractivity contribution in [2.75, 3.05) is 0 Å². The third-order valence-corrected chi connectivity index (χ3v) is 8.85. The van der Waals surface area contributed by atoms with Gasteiger partial charge in [-0.15, -0.1) is 11.3 Å².